The lowest BCUT2D eigenvalue weighted by atomic mass is 10.2. The van der Waals surface area contributed by atoms with E-state index in [-0.39, 0.29) is 5.91 Å². The van der Waals surface area contributed by atoms with Crippen molar-refractivity contribution in [3.63, 3.8) is 0 Å². The van der Waals surface area contributed by atoms with Crippen molar-refractivity contribution in [2.24, 2.45) is 0 Å². The molecule has 1 aromatic carbocycles. The van der Waals surface area contributed by atoms with Crippen LogP contribution in [0.4, 0.5) is 11.8 Å². The normalized spacial score (nSPS) is 17.3. The van der Waals surface area contributed by atoms with E-state index in [1.165, 1.54) is 17.5 Å². The van der Waals surface area contributed by atoms with E-state index < -0.39 is 0 Å². The van der Waals surface area contributed by atoms with Crippen LogP contribution in [-0.4, -0.2) is 60.0 Å². The Morgan fingerprint density at radius 1 is 0.931 bits per heavy atom. The van der Waals surface area contributed by atoms with Crippen molar-refractivity contribution in [3.05, 3.63) is 47.0 Å². The predicted molar refractivity (Wildman–Crippen MR) is 118 cm³/mol. The fraction of sp³-hybridized carbons (Fsp3) is 0.409. The van der Waals surface area contributed by atoms with Gasteiger partial charge in [-0.1, -0.05) is 18.2 Å². The Balaban J connectivity index is 1.28. The number of amides is 1. The van der Waals surface area contributed by atoms with E-state index >= 15 is 0 Å². The van der Waals surface area contributed by atoms with E-state index in [4.69, 9.17) is 4.98 Å². The number of aromatic nitrogens is 2. The number of fused-ring (bicyclic) bond motifs is 1. The second-order valence-corrected chi connectivity index (χ2v) is 8.87. The predicted octanol–water partition coefficient (Wildman–Crippen LogP) is 3.56. The van der Waals surface area contributed by atoms with Gasteiger partial charge in [0.25, 0.3) is 5.91 Å². The third kappa shape index (κ3) is 3.67. The van der Waals surface area contributed by atoms with E-state index in [1.807, 2.05) is 30.0 Å². The molecule has 0 aliphatic carbocycles. The monoisotopic (exact) mass is 407 g/mol. The van der Waals surface area contributed by atoms with E-state index in [9.17, 15) is 4.79 Å². The van der Waals surface area contributed by atoms with Crippen molar-refractivity contribution >= 4 is 39.1 Å². The Labute approximate surface area is 174 Å². The number of carbonyl (C=O) groups excluding carboxylic acids is 1. The molecule has 3 aromatic rings. The lowest BCUT2D eigenvalue weighted by Gasteiger charge is -2.35. The number of nitrogens with zero attached hydrogens (tertiary/aromatic N) is 5. The van der Waals surface area contributed by atoms with Crippen LogP contribution in [0.2, 0.25) is 0 Å². The van der Waals surface area contributed by atoms with Crippen LogP contribution in [0.25, 0.3) is 10.1 Å². The molecule has 2 aliphatic rings. The molecule has 2 saturated heterocycles. The SMILES string of the molecule is Cc1cc(N2CCN(C(=O)c3cc4ccccc4s3)CC2)nc(N2CCCC2)n1. The molecule has 4 heterocycles. The van der Waals surface area contributed by atoms with Crippen LogP contribution in [0.15, 0.2) is 36.4 Å². The molecule has 2 fully saturated rings. The van der Waals surface area contributed by atoms with Gasteiger partial charge in [0.2, 0.25) is 5.95 Å². The van der Waals surface area contributed by atoms with Gasteiger partial charge in [-0.15, -0.1) is 11.3 Å². The Morgan fingerprint density at radius 2 is 1.69 bits per heavy atom. The molecular formula is C22H25N5OS. The molecule has 29 heavy (non-hydrogen) atoms. The number of carbonyl (C=O) groups is 1. The van der Waals surface area contributed by atoms with E-state index in [1.54, 1.807) is 11.3 Å². The maximum atomic E-state index is 13.0. The number of thiophene rings is 1. The van der Waals surface area contributed by atoms with Gasteiger partial charge < -0.3 is 14.7 Å². The quantitative estimate of drug-likeness (QED) is 0.664. The van der Waals surface area contributed by atoms with Crippen molar-refractivity contribution in [1.82, 2.24) is 14.9 Å². The second-order valence-electron chi connectivity index (χ2n) is 7.79. The third-order valence-corrected chi connectivity index (χ3v) is 6.85. The molecule has 7 heteroatoms. The standard InChI is InChI=1S/C22H25N5OS/c1-16-14-20(24-22(23-16)27-8-4-5-9-27)25-10-12-26(13-11-25)21(28)19-15-17-6-2-3-7-18(17)29-19/h2-3,6-7,14-15H,4-5,8-13H2,1H3. The smallest absolute Gasteiger partial charge is 0.264 e. The number of hydrogen-bond donors (Lipinski definition) is 0. The van der Waals surface area contributed by atoms with Gasteiger partial charge in [-0.3, -0.25) is 4.79 Å². The van der Waals surface area contributed by atoms with Crippen molar-refractivity contribution in [3.8, 4) is 0 Å². The summed E-state index contributed by atoms with van der Waals surface area (Å²) in [6.45, 7) is 7.15. The molecular weight excluding hydrogens is 382 g/mol. The van der Waals surface area contributed by atoms with Gasteiger partial charge in [0.1, 0.15) is 5.82 Å². The number of hydrogen-bond acceptors (Lipinski definition) is 6. The summed E-state index contributed by atoms with van der Waals surface area (Å²) < 4.78 is 1.17. The Kier molecular flexibility index (Phi) is 4.83. The van der Waals surface area contributed by atoms with Crippen molar-refractivity contribution < 1.29 is 4.79 Å². The zero-order chi connectivity index (χ0) is 19.8. The maximum absolute atomic E-state index is 13.0. The molecule has 0 spiro atoms. The highest BCUT2D eigenvalue weighted by Crippen LogP contribution is 2.27. The summed E-state index contributed by atoms with van der Waals surface area (Å²) in [5, 5.41) is 1.14. The van der Waals surface area contributed by atoms with Crippen LogP contribution in [0, 0.1) is 6.92 Å². The van der Waals surface area contributed by atoms with Gasteiger partial charge in [-0.2, -0.15) is 4.98 Å². The first-order chi connectivity index (χ1) is 14.2. The summed E-state index contributed by atoms with van der Waals surface area (Å²) in [5.41, 5.74) is 1.00. The summed E-state index contributed by atoms with van der Waals surface area (Å²) in [6, 6.07) is 12.3. The number of benzene rings is 1. The first-order valence-corrected chi connectivity index (χ1v) is 11.1. The third-order valence-electron chi connectivity index (χ3n) is 5.74. The Morgan fingerprint density at radius 3 is 2.45 bits per heavy atom. The summed E-state index contributed by atoms with van der Waals surface area (Å²) in [7, 11) is 0. The van der Waals surface area contributed by atoms with Crippen LogP contribution >= 0.6 is 11.3 Å². The summed E-state index contributed by atoms with van der Waals surface area (Å²) in [6.07, 6.45) is 2.43. The van der Waals surface area contributed by atoms with E-state index in [0.29, 0.717) is 0 Å². The lowest BCUT2D eigenvalue weighted by molar-refractivity contribution is 0.0751. The summed E-state index contributed by atoms with van der Waals surface area (Å²) >= 11 is 1.58. The molecule has 0 bridgehead atoms. The van der Waals surface area contributed by atoms with Crippen LogP contribution < -0.4 is 9.80 Å². The molecule has 2 aliphatic heterocycles. The van der Waals surface area contributed by atoms with Gasteiger partial charge >= 0.3 is 0 Å². The first-order valence-electron chi connectivity index (χ1n) is 10.3. The second kappa shape index (κ2) is 7.63. The van der Waals surface area contributed by atoms with E-state index in [2.05, 4.69) is 33.0 Å². The van der Waals surface area contributed by atoms with Gasteiger partial charge in [-0.25, -0.2) is 4.98 Å². The van der Waals surface area contributed by atoms with Crippen LogP contribution in [0.5, 0.6) is 0 Å². The van der Waals surface area contributed by atoms with Crippen molar-refractivity contribution in [1.29, 1.82) is 0 Å². The van der Waals surface area contributed by atoms with Gasteiger partial charge in [-0.05, 0) is 37.3 Å². The van der Waals surface area contributed by atoms with Crippen molar-refractivity contribution in [2.75, 3.05) is 49.1 Å². The molecule has 0 radical (unpaired) electrons. The summed E-state index contributed by atoms with van der Waals surface area (Å²) in [5.74, 6) is 1.97. The van der Waals surface area contributed by atoms with Gasteiger partial charge in [0, 0.05) is 55.7 Å². The molecule has 0 N–H and O–H groups in total. The molecule has 0 atom stereocenters. The minimum atomic E-state index is 0.141. The largest absolute Gasteiger partial charge is 0.353 e. The Hall–Kier alpha value is -2.67. The fourth-order valence-electron chi connectivity index (χ4n) is 4.14. The Bertz CT molecular complexity index is 1000. The average molecular weight is 408 g/mol. The molecule has 150 valence electrons. The minimum Gasteiger partial charge on any atom is -0.353 e. The molecule has 0 unspecified atom stereocenters. The lowest BCUT2D eigenvalue weighted by Crippen LogP contribution is -2.49. The molecule has 6 nitrogen and oxygen atoms in total. The van der Waals surface area contributed by atoms with Crippen LogP contribution in [0.1, 0.15) is 28.2 Å². The fourth-order valence-corrected chi connectivity index (χ4v) is 5.17. The van der Waals surface area contributed by atoms with E-state index in [0.717, 1.165) is 67.0 Å². The zero-order valence-electron chi connectivity index (χ0n) is 16.7. The molecule has 0 saturated carbocycles. The zero-order valence-corrected chi connectivity index (χ0v) is 17.5. The van der Waals surface area contributed by atoms with Crippen molar-refractivity contribution in [2.45, 2.75) is 19.8 Å². The average Bonchev–Trinajstić information content (AvgIpc) is 3.43. The molecule has 1 amide bonds. The highest BCUT2D eigenvalue weighted by Gasteiger charge is 2.25. The van der Waals surface area contributed by atoms with Crippen LogP contribution in [-0.2, 0) is 0 Å². The highest BCUT2D eigenvalue weighted by atomic mass is 32.1. The topological polar surface area (TPSA) is 52.6 Å². The number of anilines is 2. The van der Waals surface area contributed by atoms with Gasteiger partial charge in [0.15, 0.2) is 0 Å². The molecule has 2 aromatic heterocycles. The number of piperazine rings is 1. The maximum Gasteiger partial charge on any atom is 0.264 e. The first kappa shape index (κ1) is 18.4. The number of aryl methyl sites for hydroxylation is 1. The minimum absolute atomic E-state index is 0.141. The summed E-state index contributed by atoms with van der Waals surface area (Å²) in [4.78, 5) is 29.8. The van der Waals surface area contributed by atoms with Crippen LogP contribution in [0.3, 0.4) is 0 Å². The number of rotatable bonds is 3. The van der Waals surface area contributed by atoms with Gasteiger partial charge in [0.05, 0.1) is 4.88 Å². The highest BCUT2D eigenvalue weighted by molar-refractivity contribution is 7.20. The molecule has 5 rings (SSSR count).